The minimum Gasteiger partial charge on any atom is -0.465 e. The van der Waals surface area contributed by atoms with Crippen molar-refractivity contribution in [1.82, 2.24) is 10.2 Å². The molecule has 1 aliphatic heterocycles. The van der Waals surface area contributed by atoms with Crippen molar-refractivity contribution >= 4 is 29.3 Å². The van der Waals surface area contributed by atoms with Crippen molar-refractivity contribution in [3.05, 3.63) is 35.4 Å². The highest BCUT2D eigenvalue weighted by Crippen LogP contribution is 2.48. The third kappa shape index (κ3) is 2.60. The number of fused-ring (bicyclic) bond motifs is 1. The fraction of sp³-hybridized carbons (Fsp3) is 0.533. The maximum atomic E-state index is 11.8. The van der Waals surface area contributed by atoms with E-state index in [4.69, 9.17) is 23.2 Å². The van der Waals surface area contributed by atoms with Gasteiger partial charge in [-0.15, -0.1) is 0 Å². The Morgan fingerprint density at radius 1 is 1.38 bits per heavy atom. The number of nitrogens with zero attached hydrogens (tertiary/aromatic N) is 1. The molecule has 1 heterocycles. The summed E-state index contributed by atoms with van der Waals surface area (Å²) < 4.78 is -1.19. The first-order chi connectivity index (χ1) is 10.0. The monoisotopic (exact) mass is 328 g/mol. The van der Waals surface area contributed by atoms with Crippen molar-refractivity contribution in [3.8, 4) is 0 Å². The van der Waals surface area contributed by atoms with E-state index in [9.17, 15) is 9.90 Å². The Balaban J connectivity index is 1.92. The number of benzene rings is 1. The molecule has 1 amide bonds. The van der Waals surface area contributed by atoms with Crippen LogP contribution in [0.5, 0.6) is 0 Å². The van der Waals surface area contributed by atoms with E-state index >= 15 is 0 Å². The van der Waals surface area contributed by atoms with Gasteiger partial charge in [-0.05, 0) is 36.9 Å². The topological polar surface area (TPSA) is 52.6 Å². The van der Waals surface area contributed by atoms with E-state index in [1.807, 2.05) is 24.3 Å². The number of carboxylic acid groups (broad SMARTS) is 1. The van der Waals surface area contributed by atoms with E-state index < -0.39 is 16.5 Å². The number of hydrogen-bond donors (Lipinski definition) is 2. The number of rotatable bonds is 2. The van der Waals surface area contributed by atoms with Gasteiger partial charge in [0.25, 0.3) is 0 Å². The highest BCUT2D eigenvalue weighted by molar-refractivity contribution is 6.49. The summed E-state index contributed by atoms with van der Waals surface area (Å²) >= 11 is 13.1. The molecule has 0 radical (unpaired) electrons. The maximum absolute atomic E-state index is 11.8. The summed E-state index contributed by atoms with van der Waals surface area (Å²) in [6.45, 7) is 1.59. The van der Waals surface area contributed by atoms with Crippen LogP contribution >= 0.6 is 23.2 Å². The van der Waals surface area contributed by atoms with Crippen molar-refractivity contribution < 1.29 is 9.90 Å². The van der Waals surface area contributed by atoms with E-state index in [0.29, 0.717) is 13.0 Å². The van der Waals surface area contributed by atoms with Crippen molar-refractivity contribution in [2.24, 2.45) is 0 Å². The minimum absolute atomic E-state index is 0.0764. The van der Waals surface area contributed by atoms with Gasteiger partial charge >= 0.3 is 6.09 Å². The molecule has 1 aliphatic carbocycles. The lowest BCUT2D eigenvalue weighted by atomic mass is 10.0. The van der Waals surface area contributed by atoms with Crippen LogP contribution in [0.15, 0.2) is 24.3 Å². The molecule has 2 unspecified atom stereocenters. The Hall–Kier alpha value is -0.970. The second-order valence-electron chi connectivity index (χ2n) is 5.69. The zero-order valence-corrected chi connectivity index (χ0v) is 13.1. The summed E-state index contributed by atoms with van der Waals surface area (Å²) in [4.78, 5) is 13.3. The molecule has 2 N–H and O–H groups in total. The van der Waals surface area contributed by atoms with Gasteiger partial charge in [0.15, 0.2) is 4.33 Å². The fourth-order valence-electron chi connectivity index (χ4n) is 3.43. The standard InChI is InChI=1S/C15H18Cl2N2O2/c16-15(17)12-6-2-1-4-10(12)8-13(15)19(14(20)21)11-5-3-7-18-9-11/h1-2,4,6,11,13,18H,3,5,7-9H2,(H,20,21). The number of hydrogen-bond acceptors (Lipinski definition) is 2. The summed E-state index contributed by atoms with van der Waals surface area (Å²) in [5, 5.41) is 12.9. The van der Waals surface area contributed by atoms with Crippen LogP contribution < -0.4 is 5.32 Å². The molecule has 0 bridgehead atoms. The SMILES string of the molecule is O=C(O)N(C1CCCNC1)C1Cc2ccccc2C1(Cl)Cl. The first-order valence-corrected chi connectivity index (χ1v) is 7.95. The first kappa shape index (κ1) is 14.9. The number of carbonyl (C=O) groups is 1. The van der Waals surface area contributed by atoms with Gasteiger partial charge in [-0.25, -0.2) is 4.79 Å². The Morgan fingerprint density at radius 3 is 2.76 bits per heavy atom. The van der Waals surface area contributed by atoms with Crippen LogP contribution in [0, 0.1) is 0 Å². The summed E-state index contributed by atoms with van der Waals surface area (Å²) in [5.41, 5.74) is 1.86. The molecule has 2 atom stereocenters. The summed E-state index contributed by atoms with van der Waals surface area (Å²) in [6, 6.07) is 7.14. The van der Waals surface area contributed by atoms with Crippen LogP contribution in [0.4, 0.5) is 4.79 Å². The second-order valence-corrected chi connectivity index (χ2v) is 7.08. The van der Waals surface area contributed by atoms with Crippen LogP contribution in [0.3, 0.4) is 0 Å². The van der Waals surface area contributed by atoms with Crippen LogP contribution in [-0.2, 0) is 10.8 Å². The number of amides is 1. The number of nitrogens with one attached hydrogen (secondary N) is 1. The number of alkyl halides is 2. The maximum Gasteiger partial charge on any atom is 0.407 e. The zero-order valence-electron chi connectivity index (χ0n) is 11.6. The van der Waals surface area contributed by atoms with Gasteiger partial charge in [0.1, 0.15) is 0 Å². The molecule has 1 saturated heterocycles. The Kier molecular flexibility index (Phi) is 4.04. The molecule has 1 aromatic rings. The van der Waals surface area contributed by atoms with Crippen LogP contribution in [0.2, 0.25) is 0 Å². The van der Waals surface area contributed by atoms with Gasteiger partial charge in [-0.2, -0.15) is 0 Å². The summed E-state index contributed by atoms with van der Waals surface area (Å²) in [7, 11) is 0. The second kappa shape index (κ2) is 5.67. The zero-order chi connectivity index (χ0) is 15.0. The van der Waals surface area contributed by atoms with E-state index in [-0.39, 0.29) is 6.04 Å². The molecular formula is C15H18Cl2N2O2. The molecule has 4 nitrogen and oxygen atoms in total. The molecule has 0 aromatic heterocycles. The Labute approximate surface area is 134 Å². The van der Waals surface area contributed by atoms with Gasteiger partial charge in [-0.1, -0.05) is 47.5 Å². The van der Waals surface area contributed by atoms with Gasteiger partial charge in [0, 0.05) is 12.6 Å². The molecule has 6 heteroatoms. The average molecular weight is 329 g/mol. The largest absolute Gasteiger partial charge is 0.465 e. The molecule has 3 rings (SSSR count). The van der Waals surface area contributed by atoms with Crippen LogP contribution in [0.1, 0.15) is 24.0 Å². The first-order valence-electron chi connectivity index (χ1n) is 7.20. The number of halogens is 2. The lowest BCUT2D eigenvalue weighted by Gasteiger charge is -2.40. The third-order valence-electron chi connectivity index (χ3n) is 4.43. The molecule has 1 aromatic carbocycles. The summed E-state index contributed by atoms with van der Waals surface area (Å²) in [5.74, 6) is 0. The van der Waals surface area contributed by atoms with Crippen molar-refractivity contribution in [3.63, 3.8) is 0 Å². The lowest BCUT2D eigenvalue weighted by Crippen LogP contribution is -2.56. The highest BCUT2D eigenvalue weighted by Gasteiger charge is 2.50. The smallest absolute Gasteiger partial charge is 0.407 e. The minimum atomic E-state index is -1.19. The van der Waals surface area contributed by atoms with E-state index in [1.54, 1.807) is 0 Å². The Bertz CT molecular complexity index is 544. The molecule has 21 heavy (non-hydrogen) atoms. The summed E-state index contributed by atoms with van der Waals surface area (Å²) in [6.07, 6.45) is 1.42. The van der Waals surface area contributed by atoms with Gasteiger partial charge < -0.3 is 10.4 Å². The van der Waals surface area contributed by atoms with Crippen molar-refractivity contribution in [2.75, 3.05) is 13.1 Å². The van der Waals surface area contributed by atoms with Gasteiger partial charge in [0.2, 0.25) is 0 Å². The van der Waals surface area contributed by atoms with E-state index in [2.05, 4.69) is 5.32 Å². The molecule has 0 spiro atoms. The van der Waals surface area contributed by atoms with Crippen molar-refractivity contribution in [2.45, 2.75) is 35.7 Å². The predicted octanol–water partition coefficient (Wildman–Crippen LogP) is 2.97. The van der Waals surface area contributed by atoms with Gasteiger partial charge in [0.05, 0.1) is 6.04 Å². The Morgan fingerprint density at radius 2 is 2.14 bits per heavy atom. The molecule has 114 valence electrons. The molecule has 1 fully saturated rings. The van der Waals surface area contributed by atoms with E-state index in [0.717, 1.165) is 30.5 Å². The lowest BCUT2D eigenvalue weighted by molar-refractivity contribution is 0.0854. The average Bonchev–Trinajstić information content (AvgIpc) is 2.72. The molecule has 0 saturated carbocycles. The van der Waals surface area contributed by atoms with Crippen LogP contribution in [-0.4, -0.2) is 41.3 Å². The van der Waals surface area contributed by atoms with Crippen molar-refractivity contribution in [1.29, 1.82) is 0 Å². The normalized spacial score (nSPS) is 27.1. The highest BCUT2D eigenvalue weighted by atomic mass is 35.5. The number of piperidine rings is 1. The predicted molar refractivity (Wildman–Crippen MR) is 83.1 cm³/mol. The van der Waals surface area contributed by atoms with E-state index in [1.165, 1.54) is 4.90 Å². The van der Waals surface area contributed by atoms with Crippen LogP contribution in [0.25, 0.3) is 0 Å². The molecule has 2 aliphatic rings. The van der Waals surface area contributed by atoms with Gasteiger partial charge in [-0.3, -0.25) is 4.90 Å². The quantitative estimate of drug-likeness (QED) is 0.820. The third-order valence-corrected chi connectivity index (χ3v) is 5.34. The molecular weight excluding hydrogens is 311 g/mol. The fourth-order valence-corrected chi connectivity index (χ4v) is 4.16.